The maximum Gasteiger partial charge on any atom is 0.0492 e. The van der Waals surface area contributed by atoms with Crippen molar-refractivity contribution in [2.45, 2.75) is 19.5 Å². The van der Waals surface area contributed by atoms with Gasteiger partial charge in [0.2, 0.25) is 0 Å². The molecule has 2 aromatic rings. The van der Waals surface area contributed by atoms with E-state index in [1.54, 1.807) is 0 Å². The highest BCUT2D eigenvalue weighted by Crippen LogP contribution is 2.25. The lowest BCUT2D eigenvalue weighted by Crippen LogP contribution is -2.45. The molecule has 3 rings (SSSR count). The number of nitrogens with one attached hydrogen (secondary N) is 1. The lowest BCUT2D eigenvalue weighted by molar-refractivity contribution is 0.155. The summed E-state index contributed by atoms with van der Waals surface area (Å²) >= 11 is 1.90. The Morgan fingerprint density at radius 3 is 3.11 bits per heavy atom. The van der Waals surface area contributed by atoms with E-state index in [1.807, 2.05) is 29.8 Å². The smallest absolute Gasteiger partial charge is 0.0492 e. The Hall–Kier alpha value is -1.23. The summed E-state index contributed by atoms with van der Waals surface area (Å²) in [7, 11) is 0. The van der Waals surface area contributed by atoms with Gasteiger partial charge in [0.1, 0.15) is 0 Å². The quantitative estimate of drug-likeness (QED) is 0.931. The van der Waals surface area contributed by atoms with E-state index < -0.39 is 0 Å². The molecule has 0 aromatic carbocycles. The minimum atomic E-state index is 0.435. The van der Waals surface area contributed by atoms with E-state index in [0.29, 0.717) is 6.04 Å². The Morgan fingerprint density at radius 1 is 1.42 bits per heavy atom. The second-order valence-electron chi connectivity index (χ2n) is 4.99. The van der Waals surface area contributed by atoms with Gasteiger partial charge in [-0.3, -0.25) is 9.88 Å². The van der Waals surface area contributed by atoms with Gasteiger partial charge in [-0.05, 0) is 30.7 Å². The zero-order valence-corrected chi connectivity index (χ0v) is 12.0. The summed E-state index contributed by atoms with van der Waals surface area (Å²) in [6.07, 6.45) is 3.83. The number of aromatic nitrogens is 1. The van der Waals surface area contributed by atoms with Crippen molar-refractivity contribution in [1.29, 1.82) is 0 Å². The van der Waals surface area contributed by atoms with E-state index in [0.717, 1.165) is 26.2 Å². The molecule has 1 N–H and O–H groups in total. The van der Waals surface area contributed by atoms with Crippen LogP contribution < -0.4 is 5.32 Å². The second-order valence-corrected chi connectivity index (χ2v) is 6.36. The van der Waals surface area contributed by atoms with Crippen LogP contribution in [0.1, 0.15) is 21.4 Å². The Balaban J connectivity index is 1.77. The highest BCUT2D eigenvalue weighted by molar-refractivity contribution is 7.11. The van der Waals surface area contributed by atoms with E-state index in [1.165, 1.54) is 15.3 Å². The average Bonchev–Trinajstić information content (AvgIpc) is 2.86. The van der Waals surface area contributed by atoms with Crippen molar-refractivity contribution in [1.82, 2.24) is 15.2 Å². The molecule has 100 valence electrons. The van der Waals surface area contributed by atoms with E-state index >= 15 is 0 Å². The highest BCUT2D eigenvalue weighted by Gasteiger charge is 2.24. The van der Waals surface area contributed by atoms with Crippen molar-refractivity contribution in [2.75, 3.05) is 19.6 Å². The van der Waals surface area contributed by atoms with Gasteiger partial charge in [0.15, 0.2) is 0 Å². The summed E-state index contributed by atoms with van der Waals surface area (Å²) in [5, 5.41) is 3.49. The monoisotopic (exact) mass is 273 g/mol. The van der Waals surface area contributed by atoms with Gasteiger partial charge in [0.05, 0.1) is 0 Å². The number of hydrogen-bond acceptors (Lipinski definition) is 4. The zero-order chi connectivity index (χ0) is 13.1. The van der Waals surface area contributed by atoms with Crippen LogP contribution in [-0.4, -0.2) is 29.5 Å². The molecule has 0 saturated carbocycles. The van der Waals surface area contributed by atoms with Crippen LogP contribution in [-0.2, 0) is 6.54 Å². The summed E-state index contributed by atoms with van der Waals surface area (Å²) < 4.78 is 0. The van der Waals surface area contributed by atoms with E-state index in [9.17, 15) is 0 Å². The molecular weight excluding hydrogens is 254 g/mol. The number of nitrogens with zero attached hydrogens (tertiary/aromatic N) is 2. The Kier molecular flexibility index (Phi) is 3.92. The summed E-state index contributed by atoms with van der Waals surface area (Å²) in [4.78, 5) is 9.65. The van der Waals surface area contributed by atoms with Gasteiger partial charge in [-0.2, -0.15) is 0 Å². The summed E-state index contributed by atoms with van der Waals surface area (Å²) in [5.74, 6) is 0. The highest BCUT2D eigenvalue weighted by atomic mass is 32.1. The van der Waals surface area contributed by atoms with E-state index in [2.05, 4.69) is 40.3 Å². The van der Waals surface area contributed by atoms with Gasteiger partial charge < -0.3 is 5.32 Å². The maximum atomic E-state index is 4.25. The van der Waals surface area contributed by atoms with Gasteiger partial charge in [-0.15, -0.1) is 11.3 Å². The molecule has 0 bridgehead atoms. The van der Waals surface area contributed by atoms with Crippen molar-refractivity contribution in [3.8, 4) is 0 Å². The first-order chi connectivity index (χ1) is 9.33. The van der Waals surface area contributed by atoms with Crippen molar-refractivity contribution >= 4 is 11.3 Å². The molecular formula is C15H19N3S. The number of aryl methyl sites for hydroxylation is 1. The van der Waals surface area contributed by atoms with Crippen LogP contribution >= 0.6 is 11.3 Å². The first-order valence-corrected chi connectivity index (χ1v) is 7.54. The molecule has 2 aromatic heterocycles. The van der Waals surface area contributed by atoms with Gasteiger partial charge in [0, 0.05) is 54.4 Å². The third-order valence-electron chi connectivity index (χ3n) is 3.58. The van der Waals surface area contributed by atoms with Crippen molar-refractivity contribution in [2.24, 2.45) is 0 Å². The Bertz CT molecular complexity index is 523. The number of thiophene rings is 1. The molecule has 1 fully saturated rings. The molecule has 1 atom stereocenters. The van der Waals surface area contributed by atoms with E-state index in [4.69, 9.17) is 0 Å². The lowest BCUT2D eigenvalue weighted by atomic mass is 10.1. The zero-order valence-electron chi connectivity index (χ0n) is 11.2. The van der Waals surface area contributed by atoms with Crippen LogP contribution in [0.15, 0.2) is 36.7 Å². The predicted octanol–water partition coefficient (Wildman–Crippen LogP) is 2.60. The number of piperazine rings is 1. The first-order valence-electron chi connectivity index (χ1n) is 6.73. The molecule has 4 heteroatoms. The first kappa shape index (κ1) is 12.8. The molecule has 19 heavy (non-hydrogen) atoms. The molecule has 1 saturated heterocycles. The summed E-state index contributed by atoms with van der Waals surface area (Å²) in [5.41, 5.74) is 1.31. The molecule has 0 radical (unpaired) electrons. The van der Waals surface area contributed by atoms with Crippen molar-refractivity contribution in [3.63, 3.8) is 0 Å². The molecule has 0 spiro atoms. The van der Waals surface area contributed by atoms with Crippen LogP contribution in [0.2, 0.25) is 0 Å². The molecule has 0 amide bonds. The fraction of sp³-hybridized carbons (Fsp3) is 0.400. The number of hydrogen-bond donors (Lipinski definition) is 1. The number of rotatable bonds is 3. The summed E-state index contributed by atoms with van der Waals surface area (Å²) in [6, 6.07) is 9.10. The predicted molar refractivity (Wildman–Crippen MR) is 79.3 cm³/mol. The summed E-state index contributed by atoms with van der Waals surface area (Å²) in [6.45, 7) is 6.39. The Morgan fingerprint density at radius 2 is 2.37 bits per heavy atom. The molecule has 3 nitrogen and oxygen atoms in total. The van der Waals surface area contributed by atoms with Gasteiger partial charge >= 0.3 is 0 Å². The van der Waals surface area contributed by atoms with Crippen LogP contribution in [0.5, 0.6) is 0 Å². The van der Waals surface area contributed by atoms with Crippen LogP contribution in [0.4, 0.5) is 0 Å². The minimum absolute atomic E-state index is 0.435. The van der Waals surface area contributed by atoms with Gasteiger partial charge in [0.25, 0.3) is 0 Å². The minimum Gasteiger partial charge on any atom is -0.314 e. The second kappa shape index (κ2) is 5.82. The van der Waals surface area contributed by atoms with Gasteiger partial charge in [-0.1, -0.05) is 6.07 Å². The molecule has 3 heterocycles. The molecule has 1 aliphatic heterocycles. The van der Waals surface area contributed by atoms with Crippen LogP contribution in [0.3, 0.4) is 0 Å². The SMILES string of the molecule is Cc1ccc(CN2CCNCC2c2cccnc2)s1. The fourth-order valence-electron chi connectivity index (χ4n) is 2.61. The largest absolute Gasteiger partial charge is 0.314 e. The average molecular weight is 273 g/mol. The third-order valence-corrected chi connectivity index (χ3v) is 4.56. The van der Waals surface area contributed by atoms with Crippen molar-refractivity contribution < 1.29 is 0 Å². The normalized spacial score (nSPS) is 20.6. The molecule has 1 unspecified atom stereocenters. The standard InChI is InChI=1S/C15H19N3S/c1-12-4-5-14(19-12)11-18-8-7-17-10-15(18)13-3-2-6-16-9-13/h2-6,9,15,17H,7-8,10-11H2,1H3. The maximum absolute atomic E-state index is 4.25. The molecule has 0 aliphatic carbocycles. The topological polar surface area (TPSA) is 28.2 Å². The third kappa shape index (κ3) is 3.03. The van der Waals surface area contributed by atoms with Gasteiger partial charge in [-0.25, -0.2) is 0 Å². The van der Waals surface area contributed by atoms with Crippen LogP contribution in [0, 0.1) is 6.92 Å². The number of pyridine rings is 1. The van der Waals surface area contributed by atoms with Crippen LogP contribution in [0.25, 0.3) is 0 Å². The Labute approximate surface area is 118 Å². The fourth-order valence-corrected chi connectivity index (χ4v) is 3.52. The molecule has 1 aliphatic rings. The van der Waals surface area contributed by atoms with E-state index in [-0.39, 0.29) is 0 Å². The lowest BCUT2D eigenvalue weighted by Gasteiger charge is -2.36. The van der Waals surface area contributed by atoms with Crippen molar-refractivity contribution in [3.05, 3.63) is 52.0 Å².